The van der Waals surface area contributed by atoms with Gasteiger partial charge in [0.2, 0.25) is 0 Å². The fraction of sp³-hybridized carbons (Fsp3) is 0.0213. The van der Waals surface area contributed by atoms with Gasteiger partial charge < -0.3 is 8.98 Å². The van der Waals surface area contributed by atoms with Crippen molar-refractivity contribution in [1.82, 2.24) is 4.57 Å². The average molecular weight is 654 g/mol. The summed E-state index contributed by atoms with van der Waals surface area (Å²) in [6, 6.07) is 60.6. The van der Waals surface area contributed by atoms with Crippen molar-refractivity contribution in [1.29, 1.82) is 0 Å². The van der Waals surface area contributed by atoms with Crippen LogP contribution >= 0.6 is 11.8 Å². The number of hydrogen-bond acceptors (Lipinski definition) is 2. The molecule has 8 aromatic carbocycles. The van der Waals surface area contributed by atoms with Crippen molar-refractivity contribution < 1.29 is 4.42 Å². The van der Waals surface area contributed by atoms with Gasteiger partial charge in [0.1, 0.15) is 11.2 Å². The molecule has 0 atom stereocenters. The molecule has 0 saturated heterocycles. The Kier molecular flexibility index (Phi) is 5.14. The zero-order chi connectivity index (χ0) is 32.6. The molecule has 3 heteroatoms. The van der Waals surface area contributed by atoms with Gasteiger partial charge in [-0.2, -0.15) is 0 Å². The van der Waals surface area contributed by atoms with Crippen LogP contribution in [0.15, 0.2) is 178 Å². The van der Waals surface area contributed by atoms with E-state index < -0.39 is 5.41 Å². The number of nitrogens with zero attached hydrogens (tertiary/aromatic N) is 1. The molecule has 50 heavy (non-hydrogen) atoms. The van der Waals surface area contributed by atoms with E-state index in [9.17, 15) is 0 Å². The molecular weight excluding hydrogens is 627 g/mol. The summed E-state index contributed by atoms with van der Waals surface area (Å²) in [6.07, 6.45) is 0. The highest BCUT2D eigenvalue weighted by Gasteiger charge is 2.50. The molecule has 2 aromatic heterocycles. The topological polar surface area (TPSA) is 18.1 Å². The number of benzene rings is 8. The Labute approximate surface area is 292 Å². The lowest BCUT2D eigenvalue weighted by molar-refractivity contribution is 0.669. The minimum atomic E-state index is -0.438. The van der Waals surface area contributed by atoms with Crippen LogP contribution in [0.5, 0.6) is 0 Å². The number of para-hydroxylation sites is 1. The Morgan fingerprint density at radius 2 is 1.12 bits per heavy atom. The highest BCUT2D eigenvalue weighted by atomic mass is 32.2. The van der Waals surface area contributed by atoms with E-state index >= 15 is 0 Å². The fourth-order valence-corrected chi connectivity index (χ4v) is 10.5. The van der Waals surface area contributed by atoms with Gasteiger partial charge in [0.05, 0.1) is 16.4 Å². The molecule has 2 aliphatic rings. The summed E-state index contributed by atoms with van der Waals surface area (Å²) in [6.45, 7) is 0. The molecule has 0 N–H and O–H groups in total. The van der Waals surface area contributed by atoms with Crippen molar-refractivity contribution in [2.75, 3.05) is 0 Å². The van der Waals surface area contributed by atoms with Gasteiger partial charge >= 0.3 is 0 Å². The van der Waals surface area contributed by atoms with Crippen molar-refractivity contribution in [3.63, 3.8) is 0 Å². The molecular formula is C47H27NOS. The normalized spacial score (nSPS) is 14.1. The summed E-state index contributed by atoms with van der Waals surface area (Å²) in [5.41, 5.74) is 13.0. The molecule has 1 aliphatic heterocycles. The summed E-state index contributed by atoms with van der Waals surface area (Å²) in [5, 5.41) is 7.28. The Bertz CT molecular complexity index is 3040. The fourth-order valence-electron chi connectivity index (χ4n) is 9.25. The molecule has 0 amide bonds. The minimum absolute atomic E-state index is 0.438. The summed E-state index contributed by atoms with van der Waals surface area (Å²) in [7, 11) is 0. The number of fused-ring (bicyclic) bond motifs is 17. The van der Waals surface area contributed by atoms with E-state index in [4.69, 9.17) is 4.42 Å². The minimum Gasteiger partial charge on any atom is -0.456 e. The second-order valence-electron chi connectivity index (χ2n) is 13.6. The summed E-state index contributed by atoms with van der Waals surface area (Å²) in [4.78, 5) is 2.63. The van der Waals surface area contributed by atoms with Gasteiger partial charge in [-0.1, -0.05) is 133 Å². The van der Waals surface area contributed by atoms with E-state index in [2.05, 4.69) is 162 Å². The molecule has 12 rings (SSSR count). The second kappa shape index (κ2) is 9.56. The highest BCUT2D eigenvalue weighted by molar-refractivity contribution is 7.99. The molecule has 0 radical (unpaired) electrons. The zero-order valence-corrected chi connectivity index (χ0v) is 27.7. The van der Waals surface area contributed by atoms with Crippen molar-refractivity contribution in [2.45, 2.75) is 15.2 Å². The smallest absolute Gasteiger partial charge is 0.135 e. The Balaban J connectivity index is 1.27. The first kappa shape index (κ1) is 26.9. The predicted octanol–water partition coefficient (Wildman–Crippen LogP) is 12.7. The SMILES string of the molecule is c1ccc2c(c1)Sc1cc3c4ccc5ccccc5c4n(-c4ccc5oc6ccccc6c5c4)c3cc1C21c2ccccc2-c2ccccc21. The van der Waals surface area contributed by atoms with Crippen LogP contribution in [0.3, 0.4) is 0 Å². The summed E-state index contributed by atoms with van der Waals surface area (Å²) in [5.74, 6) is 0. The Morgan fingerprint density at radius 3 is 1.96 bits per heavy atom. The van der Waals surface area contributed by atoms with Crippen molar-refractivity contribution in [3.8, 4) is 16.8 Å². The van der Waals surface area contributed by atoms with E-state index in [1.165, 1.54) is 75.7 Å². The average Bonchev–Trinajstić information content (AvgIpc) is 3.81. The lowest BCUT2D eigenvalue weighted by Crippen LogP contribution is -2.32. The third kappa shape index (κ3) is 3.26. The van der Waals surface area contributed by atoms with Crippen LogP contribution < -0.4 is 0 Å². The lowest BCUT2D eigenvalue weighted by atomic mass is 9.67. The van der Waals surface area contributed by atoms with Crippen LogP contribution in [0, 0.1) is 0 Å². The maximum atomic E-state index is 6.30. The molecule has 0 unspecified atom stereocenters. The van der Waals surface area contributed by atoms with Crippen molar-refractivity contribution in [2.24, 2.45) is 0 Å². The van der Waals surface area contributed by atoms with Crippen molar-refractivity contribution >= 4 is 66.3 Å². The molecule has 3 heterocycles. The second-order valence-corrected chi connectivity index (χ2v) is 14.7. The molecule has 0 fully saturated rings. The largest absolute Gasteiger partial charge is 0.456 e. The van der Waals surface area contributed by atoms with Gasteiger partial charge in [-0.05, 0) is 81.2 Å². The number of hydrogen-bond donors (Lipinski definition) is 0. The van der Waals surface area contributed by atoms with E-state index in [-0.39, 0.29) is 0 Å². The van der Waals surface area contributed by atoms with E-state index in [0.29, 0.717) is 0 Å². The first-order valence-corrected chi connectivity index (χ1v) is 18.0. The van der Waals surface area contributed by atoms with Gasteiger partial charge in [0.25, 0.3) is 0 Å². The van der Waals surface area contributed by atoms with Gasteiger partial charge in [0, 0.05) is 42.4 Å². The van der Waals surface area contributed by atoms with Crippen LogP contribution in [0.1, 0.15) is 22.3 Å². The van der Waals surface area contributed by atoms with Gasteiger partial charge in [-0.25, -0.2) is 0 Å². The lowest BCUT2D eigenvalue weighted by Gasteiger charge is -2.39. The third-order valence-corrected chi connectivity index (χ3v) is 12.4. The van der Waals surface area contributed by atoms with Crippen LogP contribution in [-0.4, -0.2) is 4.57 Å². The third-order valence-electron chi connectivity index (χ3n) is 11.2. The van der Waals surface area contributed by atoms with Gasteiger partial charge in [-0.15, -0.1) is 0 Å². The van der Waals surface area contributed by atoms with Crippen LogP contribution in [-0.2, 0) is 5.41 Å². The van der Waals surface area contributed by atoms with E-state index in [1.807, 2.05) is 17.8 Å². The highest BCUT2D eigenvalue weighted by Crippen LogP contribution is 2.62. The molecule has 0 saturated carbocycles. The maximum absolute atomic E-state index is 6.30. The zero-order valence-electron chi connectivity index (χ0n) is 26.9. The molecule has 1 spiro atoms. The van der Waals surface area contributed by atoms with Gasteiger partial charge in [-0.3, -0.25) is 0 Å². The Hall–Kier alpha value is -6.03. The number of furan rings is 1. The summed E-state index contributed by atoms with van der Waals surface area (Å²) >= 11 is 1.91. The molecule has 1 aliphatic carbocycles. The standard InChI is InChI=1S/C47H27NOS/c1-2-12-30-28(11-1)21-23-34-35-26-45-40(27-41(35)48(46(30)34)29-22-24-43-36(25-29)33-15-5-9-19-42(33)49-43)47(39-18-8-10-20-44(39)50-45)37-16-6-3-13-31(37)32-14-4-7-17-38(32)47/h1-27H. The van der Waals surface area contributed by atoms with E-state index in [0.717, 1.165) is 27.6 Å². The quantitative estimate of drug-likeness (QED) is 0.175. The monoisotopic (exact) mass is 653 g/mol. The molecule has 0 bridgehead atoms. The predicted molar refractivity (Wildman–Crippen MR) is 207 cm³/mol. The van der Waals surface area contributed by atoms with Crippen LogP contribution in [0.4, 0.5) is 0 Å². The molecule has 2 nitrogen and oxygen atoms in total. The molecule has 10 aromatic rings. The first-order valence-electron chi connectivity index (χ1n) is 17.2. The van der Waals surface area contributed by atoms with E-state index in [1.54, 1.807) is 0 Å². The van der Waals surface area contributed by atoms with Gasteiger partial charge in [0.15, 0.2) is 0 Å². The van der Waals surface area contributed by atoms with Crippen LogP contribution in [0.2, 0.25) is 0 Å². The van der Waals surface area contributed by atoms with Crippen LogP contribution in [0.25, 0.3) is 71.3 Å². The first-order chi connectivity index (χ1) is 24.8. The maximum Gasteiger partial charge on any atom is 0.135 e. The Morgan fingerprint density at radius 1 is 0.440 bits per heavy atom. The number of rotatable bonds is 1. The summed E-state index contributed by atoms with van der Waals surface area (Å²) < 4.78 is 8.81. The van der Waals surface area contributed by atoms with Crippen molar-refractivity contribution in [3.05, 3.63) is 186 Å². The molecule has 232 valence electrons. The number of aromatic nitrogens is 1.